The number of hydrogen-bond donors (Lipinski definition) is 0. The Morgan fingerprint density at radius 2 is 2.05 bits per heavy atom. The van der Waals surface area contributed by atoms with Crippen LogP contribution >= 0.6 is 0 Å². The molecule has 1 aromatic rings. The van der Waals surface area contributed by atoms with E-state index >= 15 is 0 Å². The fraction of sp³-hybridized carbons (Fsp3) is 0.733. The van der Waals surface area contributed by atoms with Crippen LogP contribution in [0.4, 0.5) is 0 Å². The van der Waals surface area contributed by atoms with E-state index in [2.05, 4.69) is 21.8 Å². The molecule has 2 aliphatic rings. The minimum absolute atomic E-state index is 0.732. The number of hydrogen-bond acceptors (Lipinski definition) is 4. The minimum Gasteiger partial charge on any atom is -0.381 e. The van der Waals surface area contributed by atoms with Crippen molar-refractivity contribution in [2.45, 2.75) is 33.1 Å². The van der Waals surface area contributed by atoms with Crippen LogP contribution in [0.3, 0.4) is 0 Å². The monoisotopic (exact) mass is 261 g/mol. The first-order valence-electron chi connectivity index (χ1n) is 7.35. The van der Waals surface area contributed by atoms with E-state index in [9.17, 15) is 0 Å². The summed E-state index contributed by atoms with van der Waals surface area (Å²) < 4.78 is 5.48. The van der Waals surface area contributed by atoms with Gasteiger partial charge in [-0.3, -0.25) is 0 Å². The summed E-state index contributed by atoms with van der Waals surface area (Å²) in [5.74, 6) is 1.64. The van der Waals surface area contributed by atoms with Crippen LogP contribution in [0.15, 0.2) is 0 Å². The Balaban J connectivity index is 1.68. The second kappa shape index (κ2) is 5.55. The van der Waals surface area contributed by atoms with Gasteiger partial charge in [0.25, 0.3) is 0 Å². The predicted octanol–water partition coefficient (Wildman–Crippen LogP) is 1.53. The molecule has 3 rings (SSSR count). The van der Waals surface area contributed by atoms with E-state index in [-0.39, 0.29) is 0 Å². The zero-order valence-electron chi connectivity index (χ0n) is 12.0. The minimum atomic E-state index is 0.732. The lowest BCUT2D eigenvalue weighted by atomic mass is 10.1. The summed E-state index contributed by atoms with van der Waals surface area (Å²) in [6.07, 6.45) is 3.38. The van der Waals surface area contributed by atoms with E-state index < -0.39 is 0 Å². The number of rotatable bonds is 2. The maximum atomic E-state index is 5.48. The Morgan fingerprint density at radius 1 is 1.21 bits per heavy atom. The van der Waals surface area contributed by atoms with Gasteiger partial charge in [0.1, 0.15) is 5.82 Å². The van der Waals surface area contributed by atoms with Gasteiger partial charge in [0.15, 0.2) is 0 Å². The highest BCUT2D eigenvalue weighted by atomic mass is 16.5. The van der Waals surface area contributed by atoms with Crippen LogP contribution in [-0.2, 0) is 17.6 Å². The molecule has 0 N–H and O–H groups in total. The average molecular weight is 261 g/mol. The van der Waals surface area contributed by atoms with E-state index in [0.717, 1.165) is 50.9 Å². The molecule has 1 saturated heterocycles. The number of fused-ring (bicyclic) bond motifs is 1. The molecule has 4 nitrogen and oxygen atoms in total. The molecule has 1 atom stereocenters. The number of nitrogens with zero attached hydrogens (tertiary/aromatic N) is 3. The molecule has 104 valence electrons. The van der Waals surface area contributed by atoms with Gasteiger partial charge < -0.3 is 9.64 Å². The van der Waals surface area contributed by atoms with Crippen LogP contribution in [0.5, 0.6) is 0 Å². The highest BCUT2D eigenvalue weighted by Crippen LogP contribution is 2.19. The van der Waals surface area contributed by atoms with Crippen molar-refractivity contribution in [2.75, 3.05) is 32.8 Å². The Hall–Kier alpha value is -1.00. The molecule has 0 radical (unpaired) electrons. The smallest absolute Gasteiger partial charge is 0.125 e. The van der Waals surface area contributed by atoms with Crippen LogP contribution in [0.2, 0.25) is 0 Å². The maximum absolute atomic E-state index is 5.48. The normalized spacial score (nSPS) is 24.2. The lowest BCUT2D eigenvalue weighted by Gasteiger charge is -2.22. The Morgan fingerprint density at radius 3 is 2.84 bits per heavy atom. The largest absolute Gasteiger partial charge is 0.381 e. The fourth-order valence-electron chi connectivity index (χ4n) is 3.26. The maximum Gasteiger partial charge on any atom is 0.125 e. The third-order valence-electron chi connectivity index (χ3n) is 4.29. The van der Waals surface area contributed by atoms with Crippen LogP contribution in [0.25, 0.3) is 0 Å². The summed E-state index contributed by atoms with van der Waals surface area (Å²) in [6.45, 7) is 9.44. The lowest BCUT2D eigenvalue weighted by molar-refractivity contribution is 0.168. The molecule has 3 heterocycles. The molecule has 0 spiro atoms. The second-order valence-electron chi connectivity index (χ2n) is 5.81. The van der Waals surface area contributed by atoms with Crippen molar-refractivity contribution in [2.24, 2.45) is 5.92 Å². The first-order chi connectivity index (χ1) is 9.22. The standard InChI is InChI=1S/C15H23N3O/c1-11-14-3-6-18(9-13-5-8-19-10-13)7-4-15(14)17-12(2)16-11/h13H,3-10H2,1-2H3. The van der Waals surface area contributed by atoms with Crippen molar-refractivity contribution in [3.8, 4) is 0 Å². The van der Waals surface area contributed by atoms with Gasteiger partial charge in [-0.25, -0.2) is 9.97 Å². The molecule has 1 fully saturated rings. The first kappa shape index (κ1) is 13.0. The molecule has 0 aliphatic carbocycles. The topological polar surface area (TPSA) is 38.2 Å². The molecule has 19 heavy (non-hydrogen) atoms. The molecule has 0 bridgehead atoms. The zero-order chi connectivity index (χ0) is 13.2. The van der Waals surface area contributed by atoms with Crippen LogP contribution in [0.1, 0.15) is 29.2 Å². The van der Waals surface area contributed by atoms with Crippen LogP contribution < -0.4 is 0 Å². The predicted molar refractivity (Wildman–Crippen MR) is 74.3 cm³/mol. The summed E-state index contributed by atoms with van der Waals surface area (Å²) in [4.78, 5) is 11.7. The fourth-order valence-corrected chi connectivity index (χ4v) is 3.26. The molecular formula is C15H23N3O. The summed E-state index contributed by atoms with van der Waals surface area (Å²) in [6, 6.07) is 0. The van der Waals surface area contributed by atoms with E-state index in [1.807, 2.05) is 6.92 Å². The number of aryl methyl sites for hydroxylation is 2. The van der Waals surface area contributed by atoms with Gasteiger partial charge in [0.05, 0.1) is 6.61 Å². The Bertz CT molecular complexity index is 455. The van der Waals surface area contributed by atoms with Gasteiger partial charge >= 0.3 is 0 Å². The summed E-state index contributed by atoms with van der Waals surface area (Å²) >= 11 is 0. The van der Waals surface area contributed by atoms with Crippen molar-refractivity contribution in [3.05, 3.63) is 22.8 Å². The van der Waals surface area contributed by atoms with E-state index in [1.165, 1.54) is 29.9 Å². The molecule has 0 saturated carbocycles. The third-order valence-corrected chi connectivity index (χ3v) is 4.29. The molecular weight excluding hydrogens is 238 g/mol. The average Bonchev–Trinajstić information content (AvgIpc) is 2.78. The molecule has 1 aromatic heterocycles. The van der Waals surface area contributed by atoms with Gasteiger partial charge in [-0.2, -0.15) is 0 Å². The van der Waals surface area contributed by atoms with Gasteiger partial charge in [-0.1, -0.05) is 0 Å². The van der Waals surface area contributed by atoms with Gasteiger partial charge in [0.2, 0.25) is 0 Å². The Kier molecular flexibility index (Phi) is 3.80. The second-order valence-corrected chi connectivity index (χ2v) is 5.81. The van der Waals surface area contributed by atoms with Gasteiger partial charge in [0, 0.05) is 44.0 Å². The first-order valence-corrected chi connectivity index (χ1v) is 7.35. The van der Waals surface area contributed by atoms with Crippen molar-refractivity contribution in [3.63, 3.8) is 0 Å². The van der Waals surface area contributed by atoms with E-state index in [4.69, 9.17) is 4.74 Å². The number of aromatic nitrogens is 2. The Labute approximate surface area is 115 Å². The van der Waals surface area contributed by atoms with Crippen molar-refractivity contribution in [1.29, 1.82) is 0 Å². The van der Waals surface area contributed by atoms with E-state index in [1.54, 1.807) is 0 Å². The molecule has 0 aromatic carbocycles. The quantitative estimate of drug-likeness (QED) is 0.809. The molecule has 0 amide bonds. The van der Waals surface area contributed by atoms with Gasteiger partial charge in [-0.15, -0.1) is 0 Å². The van der Waals surface area contributed by atoms with E-state index in [0.29, 0.717) is 0 Å². The van der Waals surface area contributed by atoms with Crippen LogP contribution in [-0.4, -0.2) is 47.7 Å². The summed E-state index contributed by atoms with van der Waals surface area (Å²) in [5.41, 5.74) is 3.83. The highest BCUT2D eigenvalue weighted by Gasteiger charge is 2.22. The summed E-state index contributed by atoms with van der Waals surface area (Å²) in [7, 11) is 0. The van der Waals surface area contributed by atoms with Crippen LogP contribution in [0, 0.1) is 19.8 Å². The molecule has 1 unspecified atom stereocenters. The molecule has 4 heteroatoms. The van der Waals surface area contributed by atoms with Crippen molar-refractivity contribution in [1.82, 2.24) is 14.9 Å². The summed E-state index contributed by atoms with van der Waals surface area (Å²) in [5, 5.41) is 0. The number of ether oxygens (including phenoxy) is 1. The van der Waals surface area contributed by atoms with Crippen molar-refractivity contribution >= 4 is 0 Å². The third kappa shape index (κ3) is 2.95. The molecule has 2 aliphatic heterocycles. The SMILES string of the molecule is Cc1nc(C)c2c(n1)CCN(CC1CCOC1)CC2. The lowest BCUT2D eigenvalue weighted by Crippen LogP contribution is -2.32. The zero-order valence-corrected chi connectivity index (χ0v) is 12.0. The highest BCUT2D eigenvalue weighted by molar-refractivity contribution is 5.27. The van der Waals surface area contributed by atoms with Crippen molar-refractivity contribution < 1.29 is 4.74 Å². The van der Waals surface area contributed by atoms with Gasteiger partial charge in [-0.05, 0) is 38.2 Å².